The lowest BCUT2D eigenvalue weighted by molar-refractivity contribution is 0.0928. The maximum atomic E-state index is 12.3. The number of urea groups is 1. The van der Waals surface area contributed by atoms with Gasteiger partial charge in [-0.3, -0.25) is 4.79 Å². The molecule has 2 unspecified atom stereocenters. The van der Waals surface area contributed by atoms with Crippen LogP contribution in [0, 0.1) is 0 Å². The molecule has 3 amide bonds. The number of anilines is 1. The molecule has 0 radical (unpaired) electrons. The first-order chi connectivity index (χ1) is 10.1. The highest BCUT2D eigenvalue weighted by atomic mass is 32.2. The van der Waals surface area contributed by atoms with Crippen molar-refractivity contribution in [3.63, 3.8) is 0 Å². The van der Waals surface area contributed by atoms with Gasteiger partial charge in [-0.15, -0.1) is 0 Å². The van der Waals surface area contributed by atoms with E-state index < -0.39 is 6.03 Å². The Kier molecular flexibility index (Phi) is 5.50. The zero-order valence-corrected chi connectivity index (χ0v) is 12.9. The van der Waals surface area contributed by atoms with E-state index in [-0.39, 0.29) is 11.9 Å². The minimum atomic E-state index is -0.636. The van der Waals surface area contributed by atoms with Crippen molar-refractivity contribution in [2.24, 2.45) is 5.73 Å². The highest BCUT2D eigenvalue weighted by molar-refractivity contribution is 7.99. The first kappa shape index (κ1) is 15.7. The van der Waals surface area contributed by atoms with Gasteiger partial charge in [0.2, 0.25) is 0 Å². The first-order valence-corrected chi connectivity index (χ1v) is 8.37. The van der Waals surface area contributed by atoms with Crippen molar-refractivity contribution in [3.8, 4) is 0 Å². The van der Waals surface area contributed by atoms with Gasteiger partial charge in [0, 0.05) is 22.5 Å². The average molecular weight is 307 g/mol. The Bertz CT molecular complexity index is 521. The number of rotatable bonds is 4. The molecule has 0 saturated heterocycles. The lowest BCUT2D eigenvalue weighted by Crippen LogP contribution is -2.39. The van der Waals surface area contributed by atoms with Crippen LogP contribution >= 0.6 is 11.8 Å². The van der Waals surface area contributed by atoms with E-state index in [9.17, 15) is 9.59 Å². The van der Waals surface area contributed by atoms with E-state index in [1.807, 2.05) is 11.8 Å². The summed E-state index contributed by atoms with van der Waals surface area (Å²) < 4.78 is 0. The van der Waals surface area contributed by atoms with Crippen LogP contribution < -0.4 is 16.4 Å². The fourth-order valence-corrected chi connectivity index (χ4v) is 3.47. The summed E-state index contributed by atoms with van der Waals surface area (Å²) in [5.74, 6) is -0.102. The van der Waals surface area contributed by atoms with E-state index in [2.05, 4.69) is 16.9 Å². The van der Waals surface area contributed by atoms with Gasteiger partial charge in [-0.1, -0.05) is 12.5 Å². The number of amides is 3. The van der Waals surface area contributed by atoms with Crippen molar-refractivity contribution in [2.45, 2.75) is 37.0 Å². The largest absolute Gasteiger partial charge is 0.351 e. The summed E-state index contributed by atoms with van der Waals surface area (Å²) in [6.07, 6.45) is 6.55. The molecule has 4 N–H and O–H groups in total. The van der Waals surface area contributed by atoms with E-state index in [4.69, 9.17) is 5.73 Å². The Morgan fingerprint density at radius 1 is 1.33 bits per heavy atom. The number of carbonyl (C=O) groups excluding carboxylic acids is 2. The van der Waals surface area contributed by atoms with Crippen molar-refractivity contribution in [2.75, 3.05) is 11.6 Å². The molecule has 0 aromatic heterocycles. The molecule has 2 rings (SSSR count). The zero-order chi connectivity index (χ0) is 15.2. The molecule has 0 aliphatic heterocycles. The fraction of sp³-hybridized carbons (Fsp3) is 0.467. The van der Waals surface area contributed by atoms with Gasteiger partial charge in [-0.2, -0.15) is 11.8 Å². The molecular formula is C15H21N3O2S. The lowest BCUT2D eigenvalue weighted by atomic mass is 9.94. The summed E-state index contributed by atoms with van der Waals surface area (Å²) in [4.78, 5) is 23.1. The van der Waals surface area contributed by atoms with Crippen molar-refractivity contribution in [3.05, 3.63) is 29.8 Å². The zero-order valence-electron chi connectivity index (χ0n) is 12.1. The summed E-state index contributed by atoms with van der Waals surface area (Å²) in [5, 5.41) is 6.19. The van der Waals surface area contributed by atoms with Crippen LogP contribution in [0.3, 0.4) is 0 Å². The molecule has 0 spiro atoms. The summed E-state index contributed by atoms with van der Waals surface area (Å²) in [6.45, 7) is 0. The Morgan fingerprint density at radius 3 is 2.86 bits per heavy atom. The van der Waals surface area contributed by atoms with Crippen LogP contribution in [-0.4, -0.2) is 29.5 Å². The van der Waals surface area contributed by atoms with E-state index in [1.165, 1.54) is 6.42 Å². The summed E-state index contributed by atoms with van der Waals surface area (Å²) in [7, 11) is 0. The Morgan fingerprint density at radius 2 is 2.14 bits per heavy atom. The lowest BCUT2D eigenvalue weighted by Gasteiger charge is -2.28. The minimum Gasteiger partial charge on any atom is -0.351 e. The summed E-state index contributed by atoms with van der Waals surface area (Å²) in [6, 6.07) is 6.39. The summed E-state index contributed by atoms with van der Waals surface area (Å²) >= 11 is 1.87. The number of hydrogen-bond donors (Lipinski definition) is 3. The van der Waals surface area contributed by atoms with Crippen molar-refractivity contribution in [1.29, 1.82) is 0 Å². The number of primary amides is 1. The number of hydrogen-bond acceptors (Lipinski definition) is 3. The molecule has 114 valence electrons. The van der Waals surface area contributed by atoms with Gasteiger partial charge in [0.25, 0.3) is 5.91 Å². The Balaban J connectivity index is 1.98. The molecule has 5 nitrogen and oxygen atoms in total. The second-order valence-electron chi connectivity index (χ2n) is 5.26. The van der Waals surface area contributed by atoms with Gasteiger partial charge in [0.05, 0.1) is 0 Å². The topological polar surface area (TPSA) is 84.2 Å². The molecule has 2 atom stereocenters. The van der Waals surface area contributed by atoms with Crippen LogP contribution in [-0.2, 0) is 0 Å². The molecule has 0 heterocycles. The number of nitrogens with two attached hydrogens (primary N) is 1. The summed E-state index contributed by atoms with van der Waals surface area (Å²) in [5.41, 5.74) is 6.14. The van der Waals surface area contributed by atoms with E-state index in [1.54, 1.807) is 24.3 Å². The predicted molar refractivity (Wildman–Crippen MR) is 86.7 cm³/mol. The monoisotopic (exact) mass is 307 g/mol. The van der Waals surface area contributed by atoms with Crippen molar-refractivity contribution >= 4 is 29.4 Å². The van der Waals surface area contributed by atoms with Gasteiger partial charge in [0.1, 0.15) is 0 Å². The third kappa shape index (κ3) is 4.67. The highest BCUT2D eigenvalue weighted by Crippen LogP contribution is 2.27. The molecule has 21 heavy (non-hydrogen) atoms. The standard InChI is InChI=1S/C15H21N3O2S/c1-21-13-7-3-6-12(9-13)17-14(19)10-4-2-5-11(8-10)18-15(16)20/h2,4-5,8,12-13H,3,6-7,9H2,1H3,(H,17,19)(H3,16,18,20). The number of carbonyl (C=O) groups is 2. The van der Waals surface area contributed by atoms with Crippen molar-refractivity contribution < 1.29 is 9.59 Å². The molecular weight excluding hydrogens is 286 g/mol. The van der Waals surface area contributed by atoms with Crippen LogP contribution in [0.25, 0.3) is 0 Å². The van der Waals surface area contributed by atoms with Crippen LogP contribution in [0.4, 0.5) is 10.5 Å². The normalized spacial score (nSPS) is 21.6. The second kappa shape index (κ2) is 7.36. The fourth-order valence-electron chi connectivity index (χ4n) is 2.64. The third-order valence-electron chi connectivity index (χ3n) is 3.69. The second-order valence-corrected chi connectivity index (χ2v) is 6.40. The van der Waals surface area contributed by atoms with Gasteiger partial charge >= 0.3 is 6.03 Å². The highest BCUT2D eigenvalue weighted by Gasteiger charge is 2.23. The Hall–Kier alpha value is -1.69. The molecule has 1 fully saturated rings. The maximum Gasteiger partial charge on any atom is 0.316 e. The van der Waals surface area contributed by atoms with E-state index >= 15 is 0 Å². The van der Waals surface area contributed by atoms with Crippen molar-refractivity contribution in [1.82, 2.24) is 5.32 Å². The molecule has 1 aromatic rings. The van der Waals surface area contributed by atoms with Crippen LogP contribution in [0.15, 0.2) is 24.3 Å². The van der Waals surface area contributed by atoms with Gasteiger partial charge < -0.3 is 16.4 Å². The quantitative estimate of drug-likeness (QED) is 0.799. The minimum absolute atomic E-state index is 0.102. The molecule has 0 bridgehead atoms. The average Bonchev–Trinajstić information content (AvgIpc) is 2.47. The number of nitrogens with one attached hydrogen (secondary N) is 2. The third-order valence-corrected chi connectivity index (χ3v) is 4.78. The van der Waals surface area contributed by atoms with E-state index in [0.29, 0.717) is 16.5 Å². The molecule has 1 aliphatic rings. The molecule has 6 heteroatoms. The smallest absolute Gasteiger partial charge is 0.316 e. The molecule has 1 saturated carbocycles. The van der Waals surface area contributed by atoms with Gasteiger partial charge in [-0.05, 0) is 43.7 Å². The van der Waals surface area contributed by atoms with Gasteiger partial charge in [0.15, 0.2) is 0 Å². The SMILES string of the molecule is CSC1CCCC(NC(=O)c2cccc(NC(N)=O)c2)C1. The van der Waals surface area contributed by atoms with Crippen LogP contribution in [0.2, 0.25) is 0 Å². The first-order valence-electron chi connectivity index (χ1n) is 7.08. The molecule has 1 aromatic carbocycles. The maximum absolute atomic E-state index is 12.3. The van der Waals surface area contributed by atoms with Gasteiger partial charge in [-0.25, -0.2) is 4.79 Å². The van der Waals surface area contributed by atoms with E-state index in [0.717, 1.165) is 19.3 Å². The molecule has 1 aliphatic carbocycles. The van der Waals surface area contributed by atoms with Crippen LogP contribution in [0.1, 0.15) is 36.0 Å². The predicted octanol–water partition coefficient (Wildman–Crippen LogP) is 2.58. The Labute approximate surface area is 129 Å². The number of thioether (sulfide) groups is 1. The number of benzene rings is 1. The van der Waals surface area contributed by atoms with Crippen LogP contribution in [0.5, 0.6) is 0 Å².